The third-order valence-corrected chi connectivity index (χ3v) is 3.75. The van der Waals surface area contributed by atoms with E-state index in [1.807, 2.05) is 13.8 Å². The molecule has 0 aliphatic carbocycles. The van der Waals surface area contributed by atoms with Crippen molar-refractivity contribution in [1.29, 1.82) is 0 Å². The van der Waals surface area contributed by atoms with Gasteiger partial charge in [0.25, 0.3) is 0 Å². The Balaban J connectivity index is 3.21. The third kappa shape index (κ3) is 13.9. The van der Waals surface area contributed by atoms with Crippen molar-refractivity contribution in [3.8, 4) is 0 Å². The Hall–Kier alpha value is -0.530. The first-order valence-corrected chi connectivity index (χ1v) is 8.90. The summed E-state index contributed by atoms with van der Waals surface area (Å²) in [5.74, 6) is -0.0351. The molecule has 2 heteroatoms. The molecular formula is C18H36O2. The Bertz CT molecular complexity index is 213. The van der Waals surface area contributed by atoms with Gasteiger partial charge in [-0.2, -0.15) is 0 Å². The zero-order valence-corrected chi connectivity index (χ0v) is 14.1. The molecule has 20 heavy (non-hydrogen) atoms. The number of carbonyl (C=O) groups excluding carboxylic acids is 1. The summed E-state index contributed by atoms with van der Waals surface area (Å²) in [7, 11) is 0. The highest BCUT2D eigenvalue weighted by atomic mass is 16.5. The van der Waals surface area contributed by atoms with E-state index in [1.165, 1.54) is 64.2 Å². The molecule has 0 aromatic heterocycles. The molecule has 2 nitrogen and oxygen atoms in total. The first-order chi connectivity index (χ1) is 9.70. The maximum Gasteiger partial charge on any atom is 0.306 e. The lowest BCUT2D eigenvalue weighted by molar-refractivity contribution is -0.148. The summed E-state index contributed by atoms with van der Waals surface area (Å²) in [5.41, 5.74) is 0. The summed E-state index contributed by atoms with van der Waals surface area (Å²) in [6.45, 7) is 6.29. The van der Waals surface area contributed by atoms with Crippen LogP contribution in [0.5, 0.6) is 0 Å². The topological polar surface area (TPSA) is 26.3 Å². The Kier molecular flexibility index (Phi) is 14.5. The largest absolute Gasteiger partial charge is 0.463 e. The first-order valence-electron chi connectivity index (χ1n) is 8.90. The van der Waals surface area contributed by atoms with Crippen LogP contribution in [0.2, 0.25) is 0 Å². The molecular weight excluding hydrogens is 248 g/mol. The van der Waals surface area contributed by atoms with Gasteiger partial charge in [0.1, 0.15) is 0 Å². The molecule has 0 saturated carbocycles. The van der Waals surface area contributed by atoms with E-state index < -0.39 is 0 Å². The van der Waals surface area contributed by atoms with Crippen molar-refractivity contribution in [3.63, 3.8) is 0 Å². The van der Waals surface area contributed by atoms with Crippen LogP contribution >= 0.6 is 0 Å². The van der Waals surface area contributed by atoms with Crippen LogP contribution in [-0.2, 0) is 9.53 Å². The van der Waals surface area contributed by atoms with Crippen molar-refractivity contribution >= 4 is 5.97 Å². The highest BCUT2D eigenvalue weighted by molar-refractivity contribution is 5.69. The van der Waals surface area contributed by atoms with Gasteiger partial charge >= 0.3 is 5.97 Å². The molecule has 0 spiro atoms. The van der Waals surface area contributed by atoms with Gasteiger partial charge in [-0.05, 0) is 26.2 Å². The fourth-order valence-electron chi connectivity index (χ4n) is 2.47. The summed E-state index contributed by atoms with van der Waals surface area (Å²) >= 11 is 0. The Morgan fingerprint density at radius 2 is 1.30 bits per heavy atom. The Labute approximate surface area is 126 Å². The summed E-state index contributed by atoms with van der Waals surface area (Å²) in [4.78, 5) is 11.3. The van der Waals surface area contributed by atoms with E-state index in [0.717, 1.165) is 12.8 Å². The van der Waals surface area contributed by atoms with E-state index in [-0.39, 0.29) is 12.1 Å². The van der Waals surface area contributed by atoms with Gasteiger partial charge in [0.05, 0.1) is 6.10 Å². The number of ether oxygens (including phenoxy) is 1. The highest BCUT2D eigenvalue weighted by Crippen LogP contribution is 2.13. The van der Waals surface area contributed by atoms with E-state index in [1.54, 1.807) is 0 Å². The van der Waals surface area contributed by atoms with E-state index in [2.05, 4.69) is 6.92 Å². The van der Waals surface area contributed by atoms with Gasteiger partial charge in [0, 0.05) is 6.42 Å². The molecule has 1 atom stereocenters. The number of carbonyl (C=O) groups is 1. The van der Waals surface area contributed by atoms with E-state index >= 15 is 0 Å². The normalized spacial score (nSPS) is 12.3. The number of hydrogen-bond donors (Lipinski definition) is 0. The molecule has 0 N–H and O–H groups in total. The van der Waals surface area contributed by atoms with Gasteiger partial charge in [-0.25, -0.2) is 0 Å². The van der Waals surface area contributed by atoms with Gasteiger partial charge in [-0.1, -0.05) is 71.6 Å². The minimum Gasteiger partial charge on any atom is -0.463 e. The van der Waals surface area contributed by atoms with Crippen molar-refractivity contribution in [2.45, 2.75) is 110 Å². The minimum absolute atomic E-state index is 0.0351. The van der Waals surface area contributed by atoms with Crippen LogP contribution in [0.4, 0.5) is 0 Å². The summed E-state index contributed by atoms with van der Waals surface area (Å²) < 4.78 is 5.33. The maximum absolute atomic E-state index is 11.3. The molecule has 0 saturated heterocycles. The van der Waals surface area contributed by atoms with Crippen molar-refractivity contribution in [3.05, 3.63) is 0 Å². The van der Waals surface area contributed by atoms with E-state index in [0.29, 0.717) is 6.42 Å². The van der Waals surface area contributed by atoms with Crippen molar-refractivity contribution in [2.24, 2.45) is 0 Å². The van der Waals surface area contributed by atoms with Crippen molar-refractivity contribution in [2.75, 3.05) is 0 Å². The zero-order valence-electron chi connectivity index (χ0n) is 14.1. The number of rotatable bonds is 14. The SMILES string of the molecule is CCCCCCCCCCCCC(C)OC(=O)CCC. The second-order valence-corrected chi connectivity index (χ2v) is 6.02. The average Bonchev–Trinajstić information content (AvgIpc) is 2.41. The highest BCUT2D eigenvalue weighted by Gasteiger charge is 2.07. The number of esters is 1. The van der Waals surface area contributed by atoms with Crippen LogP contribution in [0.3, 0.4) is 0 Å². The van der Waals surface area contributed by atoms with Crippen LogP contribution in [0.25, 0.3) is 0 Å². The predicted molar refractivity (Wildman–Crippen MR) is 86.9 cm³/mol. The molecule has 0 aromatic rings. The molecule has 0 heterocycles. The van der Waals surface area contributed by atoms with Gasteiger partial charge < -0.3 is 4.74 Å². The summed E-state index contributed by atoms with van der Waals surface area (Å²) in [6.07, 6.45) is 16.1. The smallest absolute Gasteiger partial charge is 0.306 e. The molecule has 0 bridgehead atoms. The standard InChI is InChI=1S/C18H36O2/c1-4-6-7-8-9-10-11-12-13-14-16-17(3)20-18(19)15-5-2/h17H,4-16H2,1-3H3. The van der Waals surface area contributed by atoms with Crippen LogP contribution < -0.4 is 0 Å². The Morgan fingerprint density at radius 3 is 1.80 bits per heavy atom. The second-order valence-electron chi connectivity index (χ2n) is 6.02. The molecule has 0 rings (SSSR count). The summed E-state index contributed by atoms with van der Waals surface area (Å²) in [5, 5.41) is 0. The van der Waals surface area contributed by atoms with Crippen LogP contribution in [0.1, 0.15) is 104 Å². The second kappa shape index (κ2) is 14.9. The average molecular weight is 284 g/mol. The molecule has 0 aliphatic rings. The molecule has 0 radical (unpaired) electrons. The zero-order chi connectivity index (χ0) is 15.1. The monoisotopic (exact) mass is 284 g/mol. The molecule has 0 amide bonds. The fourth-order valence-corrected chi connectivity index (χ4v) is 2.47. The van der Waals surface area contributed by atoms with Crippen LogP contribution in [-0.4, -0.2) is 12.1 Å². The summed E-state index contributed by atoms with van der Waals surface area (Å²) in [6, 6.07) is 0. The van der Waals surface area contributed by atoms with Crippen LogP contribution in [0, 0.1) is 0 Å². The predicted octanol–water partition coefficient (Wildman–Crippen LogP) is 6.03. The third-order valence-electron chi connectivity index (χ3n) is 3.75. The van der Waals surface area contributed by atoms with E-state index in [4.69, 9.17) is 4.74 Å². The molecule has 0 fully saturated rings. The van der Waals surface area contributed by atoms with Gasteiger partial charge in [-0.15, -0.1) is 0 Å². The van der Waals surface area contributed by atoms with Gasteiger partial charge in [0.15, 0.2) is 0 Å². The lowest BCUT2D eigenvalue weighted by Crippen LogP contribution is -2.14. The molecule has 120 valence electrons. The molecule has 0 aliphatic heterocycles. The lowest BCUT2D eigenvalue weighted by Gasteiger charge is -2.12. The quantitative estimate of drug-likeness (QED) is 0.287. The fraction of sp³-hybridized carbons (Fsp3) is 0.944. The lowest BCUT2D eigenvalue weighted by atomic mass is 10.0. The molecule has 1 unspecified atom stereocenters. The molecule has 0 aromatic carbocycles. The number of hydrogen-bond acceptors (Lipinski definition) is 2. The van der Waals surface area contributed by atoms with Crippen molar-refractivity contribution in [1.82, 2.24) is 0 Å². The first kappa shape index (κ1) is 19.5. The van der Waals surface area contributed by atoms with Crippen LogP contribution in [0.15, 0.2) is 0 Å². The Morgan fingerprint density at radius 1 is 0.800 bits per heavy atom. The maximum atomic E-state index is 11.3. The number of unbranched alkanes of at least 4 members (excludes halogenated alkanes) is 9. The van der Waals surface area contributed by atoms with E-state index in [9.17, 15) is 4.79 Å². The minimum atomic E-state index is -0.0351. The van der Waals surface area contributed by atoms with Gasteiger partial charge in [0.2, 0.25) is 0 Å². The van der Waals surface area contributed by atoms with Crippen molar-refractivity contribution < 1.29 is 9.53 Å². The van der Waals surface area contributed by atoms with Gasteiger partial charge in [-0.3, -0.25) is 4.79 Å².